The summed E-state index contributed by atoms with van der Waals surface area (Å²) >= 11 is 0. The van der Waals surface area contributed by atoms with E-state index in [1.54, 1.807) is 12.1 Å². The maximum Gasteiger partial charge on any atom is 0.307 e. The Kier molecular flexibility index (Phi) is 9.62. The number of benzene rings is 2. The van der Waals surface area contributed by atoms with Crippen molar-refractivity contribution in [1.29, 1.82) is 0 Å². The third-order valence-corrected chi connectivity index (χ3v) is 11.8. The summed E-state index contributed by atoms with van der Waals surface area (Å²) in [6.07, 6.45) is 1.38. The number of carboxylic acids is 1. The van der Waals surface area contributed by atoms with Gasteiger partial charge in [0.2, 0.25) is 10.0 Å². The molecule has 8 nitrogen and oxygen atoms in total. The molecule has 0 unspecified atom stereocenters. The Bertz CT molecular complexity index is 1190. The van der Waals surface area contributed by atoms with Crippen LogP contribution in [-0.2, 0) is 32.1 Å². The van der Waals surface area contributed by atoms with E-state index < -0.39 is 24.3 Å². The van der Waals surface area contributed by atoms with Gasteiger partial charge in [0.25, 0.3) is 0 Å². The molecule has 0 heterocycles. The Labute approximate surface area is 222 Å². The van der Waals surface area contributed by atoms with Gasteiger partial charge in [-0.05, 0) is 67.2 Å². The highest BCUT2D eigenvalue weighted by molar-refractivity contribution is 7.92. The molecule has 37 heavy (non-hydrogen) atoms. The van der Waals surface area contributed by atoms with Gasteiger partial charge >= 0.3 is 5.97 Å². The predicted octanol–water partition coefficient (Wildman–Crippen LogP) is 5.06. The van der Waals surface area contributed by atoms with Crippen molar-refractivity contribution in [3.8, 4) is 5.75 Å². The lowest BCUT2D eigenvalue weighted by atomic mass is 9.93. The van der Waals surface area contributed by atoms with Crippen LogP contribution in [0.15, 0.2) is 42.5 Å². The van der Waals surface area contributed by atoms with E-state index in [0.29, 0.717) is 13.0 Å². The maximum atomic E-state index is 11.8. The molecular weight excluding hydrogens is 508 g/mol. The molecule has 2 rings (SSSR count). The van der Waals surface area contributed by atoms with Gasteiger partial charge in [0.05, 0.1) is 24.5 Å². The lowest BCUT2D eigenvalue weighted by Crippen LogP contribution is -2.47. The summed E-state index contributed by atoms with van der Waals surface area (Å²) in [5, 5.41) is 22.8. The first-order valence-electron chi connectivity index (χ1n) is 12.3. The number of phenols is 1. The monoisotopic (exact) mass is 550 g/mol. The molecule has 0 aliphatic heterocycles. The summed E-state index contributed by atoms with van der Waals surface area (Å²) in [5.41, 5.74) is 2.40. The third-order valence-electron chi connectivity index (χ3n) is 6.72. The number of carboxylic acid groups (broad SMARTS) is 1. The van der Waals surface area contributed by atoms with Gasteiger partial charge in [-0.15, -0.1) is 0 Å². The van der Waals surface area contributed by atoms with Crippen LogP contribution in [0.25, 0.3) is 0 Å². The molecule has 0 aliphatic rings. The van der Waals surface area contributed by atoms with Gasteiger partial charge in [-0.1, -0.05) is 51.1 Å². The average molecular weight is 551 g/mol. The summed E-state index contributed by atoms with van der Waals surface area (Å²) in [6.45, 7) is 15.5. The molecule has 0 amide bonds. The average Bonchev–Trinajstić information content (AvgIpc) is 2.72. The Hall–Kier alpha value is -2.40. The number of phenolic OH excluding ortho intramolecular Hbond substituents is 1. The molecule has 206 valence electrons. The van der Waals surface area contributed by atoms with Crippen molar-refractivity contribution in [2.75, 3.05) is 17.5 Å². The quantitative estimate of drug-likeness (QED) is 0.215. The molecule has 0 saturated heterocycles. The van der Waals surface area contributed by atoms with E-state index in [1.165, 1.54) is 6.07 Å². The van der Waals surface area contributed by atoms with Crippen molar-refractivity contribution in [2.24, 2.45) is 0 Å². The van der Waals surface area contributed by atoms with Gasteiger partial charge in [0.15, 0.2) is 8.32 Å². The van der Waals surface area contributed by atoms with Gasteiger partial charge in [-0.25, -0.2) is 8.42 Å². The molecular formula is C27H42N2O6SSi. The molecule has 10 heteroatoms. The van der Waals surface area contributed by atoms with Crippen LogP contribution in [0.1, 0.15) is 57.4 Å². The third kappa shape index (κ3) is 9.77. The van der Waals surface area contributed by atoms with Crippen LogP contribution in [0.2, 0.25) is 18.1 Å². The Morgan fingerprint density at radius 3 is 2.11 bits per heavy atom. The number of nitrogens with one attached hydrogen (secondary N) is 2. The highest BCUT2D eigenvalue weighted by Crippen LogP contribution is 2.40. The predicted molar refractivity (Wildman–Crippen MR) is 151 cm³/mol. The molecule has 0 saturated carbocycles. The van der Waals surface area contributed by atoms with E-state index in [0.717, 1.165) is 22.9 Å². The topological polar surface area (TPSA) is 125 Å². The van der Waals surface area contributed by atoms with Crippen molar-refractivity contribution in [1.82, 2.24) is 5.32 Å². The van der Waals surface area contributed by atoms with Gasteiger partial charge < -0.3 is 20.0 Å². The second-order valence-corrected chi connectivity index (χ2v) is 18.4. The second kappa shape index (κ2) is 11.5. The van der Waals surface area contributed by atoms with Crippen molar-refractivity contribution < 1.29 is 27.9 Å². The zero-order valence-corrected chi connectivity index (χ0v) is 25.0. The van der Waals surface area contributed by atoms with Crippen LogP contribution in [0.3, 0.4) is 0 Å². The van der Waals surface area contributed by atoms with Crippen LogP contribution >= 0.6 is 0 Å². The van der Waals surface area contributed by atoms with Gasteiger partial charge in [0, 0.05) is 12.1 Å². The first kappa shape index (κ1) is 30.8. The van der Waals surface area contributed by atoms with Crippen LogP contribution in [0.5, 0.6) is 5.75 Å². The zero-order valence-electron chi connectivity index (χ0n) is 23.2. The summed E-state index contributed by atoms with van der Waals surface area (Å²) in [5.74, 6) is -1.01. The fraction of sp³-hybridized carbons (Fsp3) is 0.519. The molecule has 0 aromatic heterocycles. The minimum absolute atomic E-state index is 0.00278. The number of carbonyl (C=O) groups is 1. The maximum absolute atomic E-state index is 11.8. The Morgan fingerprint density at radius 2 is 1.59 bits per heavy atom. The molecule has 2 aromatic carbocycles. The van der Waals surface area contributed by atoms with Crippen LogP contribution < -0.4 is 10.0 Å². The number of rotatable bonds is 12. The first-order valence-corrected chi connectivity index (χ1v) is 17.1. The van der Waals surface area contributed by atoms with Crippen LogP contribution in [0, 0.1) is 0 Å². The Balaban J connectivity index is 2.29. The fourth-order valence-electron chi connectivity index (χ4n) is 3.69. The highest BCUT2D eigenvalue weighted by Gasteiger charge is 2.40. The summed E-state index contributed by atoms with van der Waals surface area (Å²) in [7, 11) is -5.78. The second-order valence-electron chi connectivity index (χ2n) is 11.8. The van der Waals surface area contributed by atoms with Crippen LogP contribution in [-0.4, -0.2) is 51.3 Å². The lowest BCUT2D eigenvalue weighted by molar-refractivity contribution is -0.136. The zero-order chi connectivity index (χ0) is 28.2. The highest BCUT2D eigenvalue weighted by atomic mass is 32.2. The Morgan fingerprint density at radius 1 is 1.03 bits per heavy atom. The van der Waals surface area contributed by atoms with E-state index in [1.807, 2.05) is 24.3 Å². The van der Waals surface area contributed by atoms with E-state index >= 15 is 0 Å². The van der Waals surface area contributed by atoms with Crippen molar-refractivity contribution in [2.45, 2.75) is 77.2 Å². The number of aromatic hydroxyl groups is 1. The van der Waals surface area contributed by atoms with Crippen molar-refractivity contribution in [3.63, 3.8) is 0 Å². The van der Waals surface area contributed by atoms with Gasteiger partial charge in [-0.3, -0.25) is 9.52 Å². The van der Waals surface area contributed by atoms with Crippen LogP contribution in [0.4, 0.5) is 5.69 Å². The number of hydrogen-bond acceptors (Lipinski definition) is 6. The number of anilines is 1. The smallest absolute Gasteiger partial charge is 0.307 e. The lowest BCUT2D eigenvalue weighted by Gasteiger charge is -2.40. The summed E-state index contributed by atoms with van der Waals surface area (Å²) in [6, 6.07) is 12.5. The minimum atomic E-state index is -3.57. The summed E-state index contributed by atoms with van der Waals surface area (Å²) in [4.78, 5) is 11.0. The number of aliphatic carboxylic acids is 1. The summed E-state index contributed by atoms with van der Waals surface area (Å²) < 4.78 is 32.8. The molecule has 0 fully saturated rings. The van der Waals surface area contributed by atoms with Gasteiger partial charge in [0.1, 0.15) is 5.75 Å². The van der Waals surface area contributed by atoms with E-state index in [9.17, 15) is 18.3 Å². The van der Waals surface area contributed by atoms with E-state index in [-0.39, 0.29) is 34.5 Å². The fourth-order valence-corrected chi connectivity index (χ4v) is 5.53. The molecule has 0 radical (unpaired) electrons. The molecule has 0 aliphatic carbocycles. The normalized spacial score (nSPS) is 13.8. The van der Waals surface area contributed by atoms with Crippen molar-refractivity contribution in [3.05, 3.63) is 59.2 Å². The molecule has 4 N–H and O–H groups in total. The number of sulfonamides is 1. The standard InChI is InChI=1S/C27H42N2O6SSi/c1-26(2,3)37(7,8)35-24(21-13-14-23(30)22(16-21)29-36(6,33)34)18-28-27(4,5)17-20-11-9-19(10-12-20)15-25(31)32/h9-14,16,24,28-30H,15,17-18H2,1-8H3,(H,31,32)/t24-/m0/s1. The van der Waals surface area contributed by atoms with E-state index in [4.69, 9.17) is 9.53 Å². The molecule has 0 bridgehead atoms. The molecule has 2 aromatic rings. The first-order chi connectivity index (χ1) is 16.8. The number of hydrogen-bond donors (Lipinski definition) is 4. The SMILES string of the molecule is CC(C)(Cc1ccc(CC(=O)O)cc1)NC[C@H](O[Si](C)(C)C(C)(C)C)c1ccc(O)c(NS(C)(=O)=O)c1. The molecule has 1 atom stereocenters. The minimum Gasteiger partial charge on any atom is -0.506 e. The van der Waals surface area contributed by atoms with Crippen molar-refractivity contribution >= 4 is 30.0 Å². The molecule has 0 spiro atoms. The van der Waals surface area contributed by atoms with E-state index in [2.05, 4.69) is 57.8 Å². The largest absolute Gasteiger partial charge is 0.506 e. The van der Waals surface area contributed by atoms with Gasteiger partial charge in [-0.2, -0.15) is 0 Å².